The lowest BCUT2D eigenvalue weighted by Gasteiger charge is -2.30. The number of likely N-dealkylation sites (tertiary alicyclic amines) is 1. The summed E-state index contributed by atoms with van der Waals surface area (Å²) in [5, 5.41) is 0. The molecule has 0 saturated carbocycles. The Morgan fingerprint density at radius 2 is 1.66 bits per heavy atom. The van der Waals surface area contributed by atoms with Crippen LogP contribution >= 0.6 is 0 Å². The van der Waals surface area contributed by atoms with Gasteiger partial charge in [0.1, 0.15) is 12.6 Å². The topological polar surface area (TPSA) is 128 Å². The van der Waals surface area contributed by atoms with Crippen LogP contribution in [0.1, 0.15) is 35.6 Å². The second-order valence-corrected chi connectivity index (χ2v) is 12.2. The van der Waals surface area contributed by atoms with E-state index in [9.17, 15) is 13.2 Å². The van der Waals surface area contributed by atoms with Gasteiger partial charge in [0.2, 0.25) is 15.9 Å². The van der Waals surface area contributed by atoms with E-state index in [0.717, 1.165) is 31.5 Å². The highest BCUT2D eigenvalue weighted by Crippen LogP contribution is 2.23. The van der Waals surface area contributed by atoms with Gasteiger partial charge in [-0.15, -0.1) is 0 Å². The van der Waals surface area contributed by atoms with E-state index in [1.807, 2.05) is 24.1 Å². The van der Waals surface area contributed by atoms with Crippen LogP contribution in [0.5, 0.6) is 0 Å². The van der Waals surface area contributed by atoms with Crippen molar-refractivity contribution in [2.24, 2.45) is 0 Å². The predicted molar refractivity (Wildman–Crippen MR) is 136 cm³/mol. The summed E-state index contributed by atoms with van der Waals surface area (Å²) in [6, 6.07) is 15.4. The molecule has 194 valence electrons. The third-order valence-corrected chi connectivity index (χ3v) is 6.33. The van der Waals surface area contributed by atoms with Crippen molar-refractivity contribution in [2.75, 3.05) is 43.9 Å². The van der Waals surface area contributed by atoms with Gasteiger partial charge in [-0.05, 0) is 24.1 Å². The van der Waals surface area contributed by atoms with Crippen LogP contribution in [0.2, 0.25) is 0 Å². The molecule has 0 aliphatic carbocycles. The van der Waals surface area contributed by atoms with E-state index in [4.69, 9.17) is 13.0 Å². The number of carbonyl (C=O) groups excluding carboxylic acids is 1. The molecule has 0 radical (unpaired) electrons. The summed E-state index contributed by atoms with van der Waals surface area (Å²) in [5.41, 5.74) is 3.46. The monoisotopic (exact) mass is 525 g/mol. The molecule has 0 spiro atoms. The number of nitrogens with one attached hydrogen (secondary N) is 2. The summed E-state index contributed by atoms with van der Waals surface area (Å²) in [6.45, 7) is 5.24. The highest BCUT2D eigenvalue weighted by Gasteiger charge is 2.28. The van der Waals surface area contributed by atoms with Crippen molar-refractivity contribution in [3.05, 3.63) is 65.2 Å². The fraction of sp³-hybridized carbons (Fsp3) is 0.458. The van der Waals surface area contributed by atoms with Crippen LogP contribution in [-0.4, -0.2) is 71.4 Å². The Morgan fingerprint density at radius 3 is 2.23 bits per heavy atom. The zero-order valence-corrected chi connectivity index (χ0v) is 22.3. The molecule has 0 aromatic heterocycles. The van der Waals surface area contributed by atoms with E-state index in [0.29, 0.717) is 17.5 Å². The minimum atomic E-state index is -3.92. The highest BCUT2D eigenvalue weighted by molar-refractivity contribution is 7.92. The van der Waals surface area contributed by atoms with Crippen LogP contribution in [-0.2, 0) is 31.4 Å². The number of rotatable bonds is 8. The first-order chi connectivity index (χ1) is 16.2. The molecule has 2 aromatic carbocycles. The van der Waals surface area contributed by atoms with E-state index in [1.54, 1.807) is 18.2 Å². The summed E-state index contributed by atoms with van der Waals surface area (Å²) in [4.78, 5) is 16.6. The summed E-state index contributed by atoms with van der Waals surface area (Å²) in [6.07, 6.45) is 4.33. The maximum atomic E-state index is 13.2. The lowest BCUT2D eigenvalue weighted by Crippen LogP contribution is -3.10. The largest absolute Gasteiger partial charge is 0.748 e. The van der Waals surface area contributed by atoms with Crippen molar-refractivity contribution < 1.29 is 31.1 Å². The van der Waals surface area contributed by atoms with E-state index in [1.165, 1.54) is 23.3 Å². The van der Waals surface area contributed by atoms with Gasteiger partial charge < -0.3 is 14.4 Å². The van der Waals surface area contributed by atoms with Crippen molar-refractivity contribution in [2.45, 2.75) is 32.2 Å². The number of para-hydroxylation sites is 1. The smallest absolute Gasteiger partial charge is 0.229 e. The van der Waals surface area contributed by atoms with Gasteiger partial charge in [-0.3, -0.25) is 9.52 Å². The molecule has 2 N–H and O–H groups in total. The lowest BCUT2D eigenvalue weighted by molar-refractivity contribution is -0.890. The minimum Gasteiger partial charge on any atom is -0.748 e. The van der Waals surface area contributed by atoms with Gasteiger partial charge in [0.15, 0.2) is 0 Å². The van der Waals surface area contributed by atoms with Crippen molar-refractivity contribution in [3.63, 3.8) is 0 Å². The van der Waals surface area contributed by atoms with Crippen molar-refractivity contribution >= 4 is 31.7 Å². The fourth-order valence-electron chi connectivity index (χ4n) is 4.14. The number of sulfonamides is 1. The third kappa shape index (κ3) is 10.8. The van der Waals surface area contributed by atoms with Gasteiger partial charge in [-0.2, -0.15) is 0 Å². The van der Waals surface area contributed by atoms with Gasteiger partial charge >= 0.3 is 0 Å². The van der Waals surface area contributed by atoms with Crippen LogP contribution in [0.25, 0.3) is 0 Å². The first-order valence-corrected chi connectivity index (χ1v) is 15.1. The quantitative estimate of drug-likeness (QED) is 0.494. The number of nitrogens with zero attached hydrogens (tertiary/aromatic N) is 1. The Morgan fingerprint density at radius 1 is 1.06 bits per heavy atom. The Kier molecular flexibility index (Phi) is 10.3. The lowest BCUT2D eigenvalue weighted by atomic mass is 10.0. The molecule has 35 heavy (non-hydrogen) atoms. The molecule has 11 heteroatoms. The van der Waals surface area contributed by atoms with Crippen molar-refractivity contribution in [3.8, 4) is 0 Å². The van der Waals surface area contributed by atoms with E-state index in [2.05, 4.69) is 29.8 Å². The van der Waals surface area contributed by atoms with E-state index in [-0.39, 0.29) is 18.4 Å². The Bertz CT molecular complexity index is 1200. The van der Waals surface area contributed by atoms with E-state index >= 15 is 0 Å². The Labute approximate surface area is 208 Å². The molecule has 2 aromatic rings. The van der Waals surface area contributed by atoms with Crippen LogP contribution in [0.3, 0.4) is 0 Å². The number of hydrogen-bond donors (Lipinski definition) is 2. The molecule has 1 atom stereocenters. The number of aryl methyl sites for hydroxylation is 1. The van der Waals surface area contributed by atoms with Gasteiger partial charge in [-0.1, -0.05) is 48.0 Å². The molecule has 1 aliphatic heterocycles. The molecule has 0 bridgehead atoms. The minimum absolute atomic E-state index is 0.0134. The zero-order chi connectivity index (χ0) is 26.2. The molecule has 1 saturated heterocycles. The molecule has 9 nitrogen and oxygen atoms in total. The number of carbonyl (C=O) groups is 1. The maximum absolute atomic E-state index is 13.2. The molecular formula is C24H35N3O6S2. The average Bonchev–Trinajstić information content (AvgIpc) is 3.24. The van der Waals surface area contributed by atoms with Crippen LogP contribution in [0.15, 0.2) is 48.5 Å². The summed E-state index contributed by atoms with van der Waals surface area (Å²) >= 11 is 0. The van der Waals surface area contributed by atoms with Crippen molar-refractivity contribution in [1.82, 2.24) is 4.90 Å². The van der Waals surface area contributed by atoms with Gasteiger partial charge in [-0.25, -0.2) is 16.8 Å². The van der Waals surface area contributed by atoms with Crippen LogP contribution in [0.4, 0.5) is 5.69 Å². The molecule has 1 unspecified atom stereocenters. The Balaban J connectivity index is 0.000000784. The number of amides is 1. The third-order valence-electron chi connectivity index (χ3n) is 5.73. The zero-order valence-electron chi connectivity index (χ0n) is 20.7. The number of anilines is 1. The van der Waals surface area contributed by atoms with Crippen LogP contribution in [0, 0.1) is 6.92 Å². The molecular weight excluding hydrogens is 490 g/mol. The fourth-order valence-corrected chi connectivity index (χ4v) is 4.74. The molecule has 1 amide bonds. The first kappa shape index (κ1) is 28.8. The summed E-state index contributed by atoms with van der Waals surface area (Å²) in [5.74, 6) is -0.0251. The SMILES string of the molecule is CS(=O)(=O)[O-].Cc1cccc(C(C[NH+]2CCCC2)N(C)C(=O)Cc2ccccc2NS(C)(=O)=O)c1. The Hall–Kier alpha value is -2.47. The molecule has 1 heterocycles. The second-order valence-electron chi connectivity index (χ2n) is 9.01. The van der Waals surface area contributed by atoms with Crippen LogP contribution < -0.4 is 9.62 Å². The van der Waals surface area contributed by atoms with Gasteiger partial charge in [0, 0.05) is 26.1 Å². The predicted octanol–water partition coefficient (Wildman–Crippen LogP) is 0.949. The van der Waals surface area contributed by atoms with Crippen molar-refractivity contribution in [1.29, 1.82) is 0 Å². The number of hydrogen-bond acceptors (Lipinski definition) is 6. The van der Waals surface area contributed by atoms with Gasteiger partial charge in [0.05, 0.1) is 41.6 Å². The molecule has 1 fully saturated rings. The summed E-state index contributed by atoms with van der Waals surface area (Å²) < 4.78 is 53.1. The number of quaternary nitrogens is 1. The number of benzene rings is 2. The molecule has 1 aliphatic rings. The average molecular weight is 526 g/mol. The maximum Gasteiger partial charge on any atom is 0.229 e. The van der Waals surface area contributed by atoms with E-state index < -0.39 is 20.1 Å². The molecule has 3 rings (SSSR count). The number of likely N-dealkylation sites (N-methyl/N-ethyl adjacent to an activating group) is 1. The normalized spacial score (nSPS) is 15.1. The summed E-state index contributed by atoms with van der Waals surface area (Å²) in [7, 11) is -5.47. The van der Waals surface area contributed by atoms with Gasteiger partial charge in [0.25, 0.3) is 0 Å². The second kappa shape index (κ2) is 12.5. The standard InChI is InChI=1S/C23H31N3O3S.CH4O3S/c1-18-9-8-11-20(15-18)22(17-26-13-6-7-14-26)25(2)23(27)16-19-10-4-5-12-21(19)24-30(3,28)29;1-5(2,3)4/h4-5,8-12,15,22,24H,6-7,13-14,16-17H2,1-3H3;1H3,(H,2,3,4). The first-order valence-electron chi connectivity index (χ1n) is 11.4. The highest BCUT2D eigenvalue weighted by atomic mass is 32.2.